The first-order valence-electron chi connectivity index (χ1n) is 7.12. The molecule has 4 heteroatoms. The summed E-state index contributed by atoms with van der Waals surface area (Å²) < 4.78 is 1.94. The number of hydrogen-bond donors (Lipinski definition) is 1. The van der Waals surface area contributed by atoms with Crippen LogP contribution in [0.2, 0.25) is 0 Å². The van der Waals surface area contributed by atoms with Gasteiger partial charge in [0.2, 0.25) is 0 Å². The highest BCUT2D eigenvalue weighted by molar-refractivity contribution is 4.92. The van der Waals surface area contributed by atoms with Crippen LogP contribution >= 0.6 is 0 Å². The van der Waals surface area contributed by atoms with Gasteiger partial charge in [0.15, 0.2) is 0 Å². The van der Waals surface area contributed by atoms with Crippen LogP contribution in [0.25, 0.3) is 0 Å². The molecule has 1 aromatic rings. The minimum absolute atomic E-state index is 0.266. The van der Waals surface area contributed by atoms with E-state index in [1.54, 1.807) is 6.33 Å². The third-order valence-corrected chi connectivity index (χ3v) is 4.05. The molecule has 1 saturated carbocycles. The second-order valence-corrected chi connectivity index (χ2v) is 6.10. The van der Waals surface area contributed by atoms with Crippen molar-refractivity contribution in [2.75, 3.05) is 0 Å². The van der Waals surface area contributed by atoms with Crippen molar-refractivity contribution in [1.82, 2.24) is 14.8 Å². The summed E-state index contributed by atoms with van der Waals surface area (Å²) >= 11 is 0. The Hall–Kier alpha value is -0.900. The fraction of sp³-hybridized carbons (Fsp3) is 0.857. The minimum Gasteiger partial charge on any atom is -0.392 e. The molecular weight excluding hydrogens is 226 g/mol. The Morgan fingerprint density at radius 2 is 2.22 bits per heavy atom. The molecule has 0 aliphatic heterocycles. The summed E-state index contributed by atoms with van der Waals surface area (Å²) in [6, 6.07) is 0. The fourth-order valence-corrected chi connectivity index (χ4v) is 3.03. The van der Waals surface area contributed by atoms with E-state index in [-0.39, 0.29) is 6.10 Å². The zero-order chi connectivity index (χ0) is 13.1. The van der Waals surface area contributed by atoms with Gasteiger partial charge in [0.05, 0.1) is 6.10 Å². The molecule has 2 rings (SSSR count). The molecule has 0 saturated heterocycles. The Kier molecular flexibility index (Phi) is 4.38. The van der Waals surface area contributed by atoms with Crippen LogP contribution in [0.1, 0.15) is 45.9 Å². The molecule has 3 unspecified atom stereocenters. The molecule has 1 aromatic heterocycles. The number of aliphatic hydroxyl groups is 1. The van der Waals surface area contributed by atoms with E-state index in [1.807, 2.05) is 4.68 Å². The molecule has 1 N–H and O–H groups in total. The third kappa shape index (κ3) is 3.10. The van der Waals surface area contributed by atoms with Crippen LogP contribution in [0.3, 0.4) is 0 Å². The molecule has 18 heavy (non-hydrogen) atoms. The molecule has 1 heterocycles. The first-order chi connectivity index (χ1) is 8.58. The van der Waals surface area contributed by atoms with E-state index >= 15 is 0 Å². The van der Waals surface area contributed by atoms with Crippen LogP contribution in [0.15, 0.2) is 6.33 Å². The molecule has 1 fully saturated rings. The Balaban J connectivity index is 1.98. The largest absolute Gasteiger partial charge is 0.392 e. The number of hydrogen-bond acceptors (Lipinski definition) is 3. The van der Waals surface area contributed by atoms with Crippen molar-refractivity contribution in [3.05, 3.63) is 12.2 Å². The smallest absolute Gasteiger partial charge is 0.138 e. The highest BCUT2D eigenvalue weighted by atomic mass is 16.3. The molecule has 1 aliphatic carbocycles. The Labute approximate surface area is 109 Å². The normalized spacial score (nSPS) is 25.8. The zero-order valence-electron chi connectivity index (χ0n) is 11.7. The average Bonchev–Trinajstić information content (AvgIpc) is 2.88. The number of aliphatic hydroxyl groups excluding tert-OH is 1. The highest BCUT2D eigenvalue weighted by Crippen LogP contribution is 2.34. The van der Waals surface area contributed by atoms with Crippen molar-refractivity contribution >= 4 is 0 Å². The Bertz CT molecular complexity index is 375. The summed E-state index contributed by atoms with van der Waals surface area (Å²) in [5.74, 6) is 2.55. The summed E-state index contributed by atoms with van der Waals surface area (Å²) in [5.41, 5.74) is 0. The maximum atomic E-state index is 10.4. The standard InChI is InChI=1S/C14H25N3O/c1-10(2)8-17-14(15-9-16-17)7-13(18)12-6-4-5-11(12)3/h9-13,18H,4-8H2,1-3H3. The van der Waals surface area contributed by atoms with Crippen molar-refractivity contribution in [2.45, 2.75) is 59.1 Å². The molecule has 3 atom stereocenters. The Morgan fingerprint density at radius 3 is 2.83 bits per heavy atom. The van der Waals surface area contributed by atoms with E-state index in [1.165, 1.54) is 12.8 Å². The molecule has 0 spiro atoms. The van der Waals surface area contributed by atoms with Crippen LogP contribution in [-0.4, -0.2) is 26.0 Å². The molecule has 0 bridgehead atoms. The zero-order valence-corrected chi connectivity index (χ0v) is 11.7. The van der Waals surface area contributed by atoms with E-state index in [4.69, 9.17) is 0 Å². The second kappa shape index (κ2) is 5.83. The van der Waals surface area contributed by atoms with Gasteiger partial charge >= 0.3 is 0 Å². The molecule has 102 valence electrons. The van der Waals surface area contributed by atoms with Gasteiger partial charge in [-0.05, 0) is 24.2 Å². The first-order valence-corrected chi connectivity index (χ1v) is 7.12. The topological polar surface area (TPSA) is 50.9 Å². The van der Waals surface area contributed by atoms with Crippen molar-refractivity contribution in [3.8, 4) is 0 Å². The molecule has 0 amide bonds. The summed E-state index contributed by atoms with van der Waals surface area (Å²) in [6.45, 7) is 7.46. The number of rotatable bonds is 5. The van der Waals surface area contributed by atoms with Crippen LogP contribution in [0.5, 0.6) is 0 Å². The maximum absolute atomic E-state index is 10.4. The minimum atomic E-state index is -0.266. The van der Waals surface area contributed by atoms with Crippen molar-refractivity contribution in [2.24, 2.45) is 17.8 Å². The van der Waals surface area contributed by atoms with Gasteiger partial charge in [-0.1, -0.05) is 33.6 Å². The van der Waals surface area contributed by atoms with Crippen LogP contribution in [-0.2, 0) is 13.0 Å². The van der Waals surface area contributed by atoms with Gasteiger partial charge in [-0.15, -0.1) is 0 Å². The monoisotopic (exact) mass is 251 g/mol. The van der Waals surface area contributed by atoms with Gasteiger partial charge < -0.3 is 5.11 Å². The second-order valence-electron chi connectivity index (χ2n) is 6.10. The van der Waals surface area contributed by atoms with Crippen molar-refractivity contribution in [3.63, 3.8) is 0 Å². The predicted octanol–water partition coefficient (Wildman–Crippen LogP) is 2.27. The molecule has 0 aromatic carbocycles. The van der Waals surface area contributed by atoms with Gasteiger partial charge in [-0.3, -0.25) is 0 Å². The quantitative estimate of drug-likeness (QED) is 0.873. The van der Waals surface area contributed by atoms with Gasteiger partial charge in [-0.25, -0.2) is 9.67 Å². The third-order valence-electron chi connectivity index (χ3n) is 4.05. The van der Waals surface area contributed by atoms with E-state index < -0.39 is 0 Å². The van der Waals surface area contributed by atoms with Crippen LogP contribution in [0.4, 0.5) is 0 Å². The highest BCUT2D eigenvalue weighted by Gasteiger charge is 2.30. The lowest BCUT2D eigenvalue weighted by molar-refractivity contribution is 0.0870. The van der Waals surface area contributed by atoms with Gasteiger partial charge in [0, 0.05) is 13.0 Å². The van der Waals surface area contributed by atoms with Gasteiger partial charge in [-0.2, -0.15) is 5.10 Å². The maximum Gasteiger partial charge on any atom is 0.138 e. The Morgan fingerprint density at radius 1 is 1.44 bits per heavy atom. The fourth-order valence-electron chi connectivity index (χ4n) is 3.03. The van der Waals surface area contributed by atoms with Gasteiger partial charge in [0.25, 0.3) is 0 Å². The van der Waals surface area contributed by atoms with Crippen LogP contribution < -0.4 is 0 Å². The van der Waals surface area contributed by atoms with Crippen molar-refractivity contribution < 1.29 is 5.11 Å². The van der Waals surface area contributed by atoms with E-state index in [9.17, 15) is 5.11 Å². The number of aromatic nitrogens is 3. The van der Waals surface area contributed by atoms with Crippen LogP contribution in [0, 0.1) is 17.8 Å². The van der Waals surface area contributed by atoms with E-state index in [2.05, 4.69) is 30.9 Å². The number of nitrogens with zero attached hydrogens (tertiary/aromatic N) is 3. The average molecular weight is 251 g/mol. The summed E-state index contributed by atoms with van der Waals surface area (Å²) in [6.07, 6.45) is 5.63. The lowest BCUT2D eigenvalue weighted by Gasteiger charge is -2.22. The van der Waals surface area contributed by atoms with E-state index in [0.29, 0.717) is 24.2 Å². The molecular formula is C14H25N3O. The summed E-state index contributed by atoms with van der Waals surface area (Å²) in [4.78, 5) is 4.30. The molecule has 4 nitrogen and oxygen atoms in total. The summed E-state index contributed by atoms with van der Waals surface area (Å²) in [7, 11) is 0. The van der Waals surface area contributed by atoms with Gasteiger partial charge in [0.1, 0.15) is 12.2 Å². The van der Waals surface area contributed by atoms with E-state index in [0.717, 1.165) is 18.8 Å². The lowest BCUT2D eigenvalue weighted by atomic mass is 9.90. The summed E-state index contributed by atoms with van der Waals surface area (Å²) in [5, 5.41) is 14.6. The predicted molar refractivity (Wildman–Crippen MR) is 71.1 cm³/mol. The first kappa shape index (κ1) is 13.5. The van der Waals surface area contributed by atoms with Crippen molar-refractivity contribution in [1.29, 1.82) is 0 Å². The SMILES string of the molecule is CC(C)Cn1ncnc1CC(O)C1CCCC1C. The lowest BCUT2D eigenvalue weighted by Crippen LogP contribution is -2.26. The molecule has 1 aliphatic rings. The molecule has 0 radical (unpaired) electrons.